The average molecular weight is 261 g/mol. The Morgan fingerprint density at radius 1 is 1.38 bits per heavy atom. The highest BCUT2D eigenvalue weighted by atomic mass is 32.2. The standard InChI is InChI=1S/C8H14F3NO3S/c9-8(10,11)3-1-5-16(14,15)12-4-2-7(13)6-12/h7,13H,1-6H2/t7-/m1/s1. The third-order valence-corrected chi connectivity index (χ3v) is 4.31. The second-order valence-electron chi connectivity index (χ2n) is 3.84. The predicted octanol–water partition coefficient (Wildman–Crippen LogP) is 0.725. The average Bonchev–Trinajstić information content (AvgIpc) is 2.49. The fraction of sp³-hybridized carbons (Fsp3) is 1.00. The summed E-state index contributed by atoms with van der Waals surface area (Å²) in [5, 5.41) is 9.13. The number of aliphatic hydroxyl groups is 1. The Hall–Kier alpha value is -0.340. The molecule has 1 saturated heterocycles. The van der Waals surface area contributed by atoms with Gasteiger partial charge in [-0.25, -0.2) is 8.42 Å². The van der Waals surface area contributed by atoms with Crippen molar-refractivity contribution < 1.29 is 26.7 Å². The molecular weight excluding hydrogens is 247 g/mol. The lowest BCUT2D eigenvalue weighted by molar-refractivity contribution is -0.134. The predicted molar refractivity (Wildman–Crippen MR) is 51.3 cm³/mol. The summed E-state index contributed by atoms with van der Waals surface area (Å²) in [4.78, 5) is 0. The number of sulfonamides is 1. The maximum absolute atomic E-state index is 11.8. The van der Waals surface area contributed by atoms with Crippen molar-refractivity contribution in [1.82, 2.24) is 4.31 Å². The van der Waals surface area contributed by atoms with Gasteiger partial charge in [-0.3, -0.25) is 0 Å². The molecule has 0 aliphatic carbocycles. The molecule has 0 aromatic heterocycles. The Balaban J connectivity index is 2.41. The van der Waals surface area contributed by atoms with Crippen molar-refractivity contribution >= 4 is 10.0 Å². The summed E-state index contributed by atoms with van der Waals surface area (Å²) >= 11 is 0. The molecule has 0 amide bonds. The van der Waals surface area contributed by atoms with Crippen LogP contribution in [0, 0.1) is 0 Å². The molecule has 96 valence electrons. The van der Waals surface area contributed by atoms with E-state index >= 15 is 0 Å². The fourth-order valence-corrected chi connectivity index (χ4v) is 3.10. The molecule has 0 aromatic rings. The maximum atomic E-state index is 11.8. The molecule has 1 atom stereocenters. The smallest absolute Gasteiger partial charge is 0.389 e. The van der Waals surface area contributed by atoms with Gasteiger partial charge >= 0.3 is 6.18 Å². The van der Waals surface area contributed by atoms with Gasteiger partial charge < -0.3 is 5.11 Å². The van der Waals surface area contributed by atoms with Crippen LogP contribution >= 0.6 is 0 Å². The first-order chi connectivity index (χ1) is 7.21. The summed E-state index contributed by atoms with van der Waals surface area (Å²) < 4.78 is 59.5. The summed E-state index contributed by atoms with van der Waals surface area (Å²) in [7, 11) is -3.64. The van der Waals surface area contributed by atoms with E-state index in [1.54, 1.807) is 0 Å². The minimum atomic E-state index is -4.32. The molecule has 1 aliphatic heterocycles. The van der Waals surface area contributed by atoms with Gasteiger partial charge in [0.25, 0.3) is 0 Å². The molecule has 0 bridgehead atoms. The SMILES string of the molecule is O=S(=O)(CCCC(F)(F)F)N1CC[C@@H](O)C1. The molecule has 1 aliphatic rings. The van der Waals surface area contributed by atoms with E-state index < -0.39 is 40.9 Å². The van der Waals surface area contributed by atoms with Crippen molar-refractivity contribution in [2.45, 2.75) is 31.5 Å². The first kappa shape index (κ1) is 13.7. The van der Waals surface area contributed by atoms with Gasteiger partial charge in [-0.1, -0.05) is 0 Å². The number of β-amino-alcohol motifs (C(OH)–C–C–N with tert-alkyl or cyclic N) is 1. The van der Waals surface area contributed by atoms with E-state index in [0.29, 0.717) is 6.42 Å². The van der Waals surface area contributed by atoms with Gasteiger partial charge in [0.05, 0.1) is 11.9 Å². The topological polar surface area (TPSA) is 57.6 Å². The van der Waals surface area contributed by atoms with Crippen LogP contribution in [0.3, 0.4) is 0 Å². The Morgan fingerprint density at radius 3 is 2.44 bits per heavy atom. The van der Waals surface area contributed by atoms with E-state index in [2.05, 4.69) is 0 Å². The summed E-state index contributed by atoms with van der Waals surface area (Å²) in [6.07, 6.45) is -6.20. The second-order valence-corrected chi connectivity index (χ2v) is 5.92. The molecule has 1 fully saturated rings. The number of hydrogen-bond acceptors (Lipinski definition) is 3. The first-order valence-corrected chi connectivity index (χ1v) is 6.54. The van der Waals surface area contributed by atoms with E-state index in [1.165, 1.54) is 0 Å². The molecule has 0 saturated carbocycles. The van der Waals surface area contributed by atoms with Crippen molar-refractivity contribution in [3.05, 3.63) is 0 Å². The van der Waals surface area contributed by atoms with Gasteiger partial charge in [0.1, 0.15) is 0 Å². The number of aliphatic hydroxyl groups excluding tert-OH is 1. The first-order valence-electron chi connectivity index (χ1n) is 4.93. The minimum Gasteiger partial charge on any atom is -0.392 e. The monoisotopic (exact) mass is 261 g/mol. The Labute approximate surface area is 92.1 Å². The molecule has 4 nitrogen and oxygen atoms in total. The quantitative estimate of drug-likeness (QED) is 0.811. The van der Waals surface area contributed by atoms with E-state index in [-0.39, 0.29) is 13.1 Å². The van der Waals surface area contributed by atoms with E-state index in [0.717, 1.165) is 4.31 Å². The van der Waals surface area contributed by atoms with Crippen LogP contribution in [0.25, 0.3) is 0 Å². The molecular formula is C8H14F3NO3S. The lowest BCUT2D eigenvalue weighted by Gasteiger charge is -2.15. The highest BCUT2D eigenvalue weighted by molar-refractivity contribution is 7.89. The van der Waals surface area contributed by atoms with Crippen LogP contribution in [0.2, 0.25) is 0 Å². The number of hydrogen-bond donors (Lipinski definition) is 1. The van der Waals surface area contributed by atoms with Gasteiger partial charge in [-0.15, -0.1) is 0 Å². The van der Waals surface area contributed by atoms with Crippen LogP contribution in [0.4, 0.5) is 13.2 Å². The van der Waals surface area contributed by atoms with E-state index in [9.17, 15) is 21.6 Å². The lowest BCUT2D eigenvalue weighted by atomic mass is 10.3. The molecule has 0 spiro atoms. The fourth-order valence-electron chi connectivity index (χ4n) is 1.55. The van der Waals surface area contributed by atoms with E-state index in [1.807, 2.05) is 0 Å². The Morgan fingerprint density at radius 2 is 2.00 bits per heavy atom. The zero-order valence-corrected chi connectivity index (χ0v) is 9.39. The van der Waals surface area contributed by atoms with Crippen LogP contribution in [0.5, 0.6) is 0 Å². The van der Waals surface area contributed by atoms with Gasteiger partial charge in [-0.05, 0) is 12.8 Å². The molecule has 0 unspecified atom stereocenters. The molecule has 1 N–H and O–H groups in total. The van der Waals surface area contributed by atoms with Gasteiger partial charge in [0.15, 0.2) is 0 Å². The van der Waals surface area contributed by atoms with Crippen molar-refractivity contribution in [2.75, 3.05) is 18.8 Å². The second kappa shape index (κ2) is 4.89. The summed E-state index contributed by atoms with van der Waals surface area (Å²) in [6, 6.07) is 0. The summed E-state index contributed by atoms with van der Waals surface area (Å²) in [5.74, 6) is -0.515. The van der Waals surface area contributed by atoms with Gasteiger partial charge in [0, 0.05) is 19.5 Å². The normalized spacial score (nSPS) is 23.9. The molecule has 1 heterocycles. The van der Waals surface area contributed by atoms with Crippen LogP contribution in [0.15, 0.2) is 0 Å². The summed E-state index contributed by atoms with van der Waals surface area (Å²) in [6.45, 7) is 0.184. The van der Waals surface area contributed by atoms with Crippen molar-refractivity contribution in [3.63, 3.8) is 0 Å². The summed E-state index contributed by atoms with van der Waals surface area (Å²) in [5.41, 5.74) is 0. The maximum Gasteiger partial charge on any atom is 0.389 e. The Bertz CT molecular complexity index is 328. The third kappa shape index (κ3) is 4.26. The molecule has 1 rings (SSSR count). The minimum absolute atomic E-state index is 0.00560. The number of rotatable bonds is 4. The molecule has 0 aromatic carbocycles. The van der Waals surface area contributed by atoms with Crippen LogP contribution in [0.1, 0.15) is 19.3 Å². The van der Waals surface area contributed by atoms with Crippen molar-refractivity contribution in [2.24, 2.45) is 0 Å². The highest BCUT2D eigenvalue weighted by Gasteiger charge is 2.32. The van der Waals surface area contributed by atoms with Crippen LogP contribution in [-0.2, 0) is 10.0 Å². The number of nitrogens with zero attached hydrogens (tertiary/aromatic N) is 1. The number of alkyl halides is 3. The zero-order chi connectivity index (χ0) is 12.4. The molecule has 16 heavy (non-hydrogen) atoms. The van der Waals surface area contributed by atoms with Crippen molar-refractivity contribution in [3.8, 4) is 0 Å². The van der Waals surface area contributed by atoms with Gasteiger partial charge in [0.2, 0.25) is 10.0 Å². The third-order valence-electron chi connectivity index (χ3n) is 2.38. The largest absolute Gasteiger partial charge is 0.392 e. The van der Waals surface area contributed by atoms with Crippen molar-refractivity contribution in [1.29, 1.82) is 0 Å². The highest BCUT2D eigenvalue weighted by Crippen LogP contribution is 2.22. The molecule has 0 radical (unpaired) electrons. The lowest BCUT2D eigenvalue weighted by Crippen LogP contribution is -2.32. The number of halogens is 3. The van der Waals surface area contributed by atoms with Gasteiger partial charge in [-0.2, -0.15) is 17.5 Å². The Kier molecular flexibility index (Phi) is 4.19. The molecule has 8 heteroatoms. The van der Waals surface area contributed by atoms with Crippen LogP contribution < -0.4 is 0 Å². The zero-order valence-electron chi connectivity index (χ0n) is 8.57. The van der Waals surface area contributed by atoms with Crippen LogP contribution in [-0.4, -0.2) is 49.0 Å². The van der Waals surface area contributed by atoms with E-state index in [4.69, 9.17) is 5.11 Å².